The van der Waals surface area contributed by atoms with E-state index in [-0.39, 0.29) is 24.3 Å². The lowest BCUT2D eigenvalue weighted by molar-refractivity contribution is 0.0862. The van der Waals surface area contributed by atoms with Crippen molar-refractivity contribution in [2.45, 2.75) is 64.8 Å². The molecule has 1 aliphatic heterocycles. The van der Waals surface area contributed by atoms with Gasteiger partial charge in [-0.1, -0.05) is 85.0 Å². The highest BCUT2D eigenvalue weighted by Gasteiger charge is 2.21. The van der Waals surface area contributed by atoms with Crippen molar-refractivity contribution >= 4 is 12.2 Å². The van der Waals surface area contributed by atoms with E-state index in [1.54, 1.807) is 15.9 Å². The lowest BCUT2D eigenvalue weighted by atomic mass is 10.1. The van der Waals surface area contributed by atoms with Crippen LogP contribution in [-0.2, 0) is 22.7 Å². The SMILES string of the molecule is C=CCC[C@@H](C)N(CC=C)C(=O)OCc1ccccc1.C[C@@H]1CCC=CCN1C(=O)OCc1ccccc1. The van der Waals surface area contributed by atoms with Gasteiger partial charge >= 0.3 is 12.2 Å². The van der Waals surface area contributed by atoms with Gasteiger partial charge in [-0.15, -0.1) is 13.2 Å². The van der Waals surface area contributed by atoms with Crippen LogP contribution in [0.25, 0.3) is 0 Å². The van der Waals surface area contributed by atoms with Crippen LogP contribution in [0.5, 0.6) is 0 Å². The molecule has 0 saturated heterocycles. The van der Waals surface area contributed by atoms with Crippen molar-refractivity contribution in [3.8, 4) is 0 Å². The van der Waals surface area contributed by atoms with Crippen LogP contribution in [0.2, 0.25) is 0 Å². The summed E-state index contributed by atoms with van der Waals surface area (Å²) in [6.07, 6.45) is 11.0. The highest BCUT2D eigenvalue weighted by atomic mass is 16.6. The van der Waals surface area contributed by atoms with Crippen LogP contribution in [0.15, 0.2) is 98.1 Å². The van der Waals surface area contributed by atoms with E-state index in [9.17, 15) is 9.59 Å². The van der Waals surface area contributed by atoms with Crippen molar-refractivity contribution < 1.29 is 19.1 Å². The fraction of sp³-hybridized carbons (Fsp3) is 0.375. The first kappa shape index (κ1) is 30.4. The van der Waals surface area contributed by atoms with Gasteiger partial charge < -0.3 is 19.3 Å². The zero-order chi connectivity index (χ0) is 27.6. The van der Waals surface area contributed by atoms with Crippen LogP contribution < -0.4 is 0 Å². The first-order valence-electron chi connectivity index (χ1n) is 13.3. The minimum atomic E-state index is -0.301. The van der Waals surface area contributed by atoms with Gasteiger partial charge in [0, 0.05) is 25.2 Å². The van der Waals surface area contributed by atoms with Crippen molar-refractivity contribution in [2.75, 3.05) is 13.1 Å². The van der Waals surface area contributed by atoms with Crippen molar-refractivity contribution in [1.82, 2.24) is 9.80 Å². The van der Waals surface area contributed by atoms with E-state index in [0.717, 1.165) is 36.8 Å². The number of ether oxygens (including phenoxy) is 2. The van der Waals surface area contributed by atoms with Crippen molar-refractivity contribution in [1.29, 1.82) is 0 Å². The molecular formula is C32H42N2O4. The number of carbonyl (C=O) groups is 2. The van der Waals surface area contributed by atoms with Crippen LogP contribution in [0.4, 0.5) is 9.59 Å². The predicted octanol–water partition coefficient (Wildman–Crippen LogP) is 7.53. The Kier molecular flexibility index (Phi) is 14.1. The summed E-state index contributed by atoms with van der Waals surface area (Å²) in [6, 6.07) is 19.8. The van der Waals surface area contributed by atoms with Crippen LogP contribution in [-0.4, -0.2) is 47.2 Å². The Hall–Kier alpha value is -3.80. The summed E-state index contributed by atoms with van der Waals surface area (Å²) in [5, 5.41) is 0. The van der Waals surface area contributed by atoms with Crippen molar-refractivity contribution in [3.63, 3.8) is 0 Å². The number of rotatable bonds is 10. The van der Waals surface area contributed by atoms with E-state index in [1.807, 2.05) is 79.7 Å². The Bertz CT molecular complexity index is 1010. The summed E-state index contributed by atoms with van der Waals surface area (Å²) < 4.78 is 10.7. The fourth-order valence-corrected chi connectivity index (χ4v) is 3.93. The number of amides is 2. The minimum absolute atomic E-state index is 0.106. The van der Waals surface area contributed by atoms with Gasteiger partial charge in [0.1, 0.15) is 13.2 Å². The molecule has 2 atom stereocenters. The van der Waals surface area contributed by atoms with Crippen molar-refractivity contribution in [3.05, 3.63) is 109 Å². The summed E-state index contributed by atoms with van der Waals surface area (Å²) in [5.41, 5.74) is 2.00. The average Bonchev–Trinajstić information content (AvgIpc) is 3.17. The van der Waals surface area contributed by atoms with Gasteiger partial charge in [-0.05, 0) is 50.7 Å². The number of hydrogen-bond donors (Lipinski definition) is 0. The van der Waals surface area contributed by atoms with E-state index in [2.05, 4.69) is 26.2 Å². The number of hydrogen-bond acceptors (Lipinski definition) is 4. The maximum atomic E-state index is 12.1. The molecule has 2 aromatic rings. The first-order chi connectivity index (χ1) is 18.5. The van der Waals surface area contributed by atoms with E-state index in [0.29, 0.717) is 26.3 Å². The monoisotopic (exact) mass is 518 g/mol. The van der Waals surface area contributed by atoms with Crippen LogP contribution >= 0.6 is 0 Å². The van der Waals surface area contributed by atoms with Gasteiger partial charge in [-0.25, -0.2) is 9.59 Å². The number of carbonyl (C=O) groups excluding carboxylic acids is 2. The molecule has 0 aliphatic carbocycles. The first-order valence-corrected chi connectivity index (χ1v) is 13.3. The second-order valence-electron chi connectivity index (χ2n) is 9.29. The van der Waals surface area contributed by atoms with E-state index >= 15 is 0 Å². The molecule has 0 spiro atoms. The standard InChI is InChI=1S/C17H23NO2.C15H19NO2/c1-4-6-10-15(3)18(13-5-2)17(19)20-14-16-11-8-7-9-12-16;1-13-8-4-3-7-11-16(13)15(17)18-12-14-9-5-2-6-10-14/h4-5,7-9,11-12,15H,1-2,6,10,13-14H2,3H3;2-3,5-7,9-10,13H,4,8,11-12H2,1H3/t15-;13-/m11/s1. The number of benzene rings is 2. The Morgan fingerprint density at radius 2 is 1.58 bits per heavy atom. The van der Waals surface area contributed by atoms with Gasteiger partial charge in [0.15, 0.2) is 0 Å². The molecule has 6 nitrogen and oxygen atoms in total. The van der Waals surface area contributed by atoms with E-state index in [4.69, 9.17) is 9.47 Å². The third-order valence-electron chi connectivity index (χ3n) is 6.28. The molecule has 0 bridgehead atoms. The molecule has 1 heterocycles. The quantitative estimate of drug-likeness (QED) is 0.305. The molecule has 2 aromatic carbocycles. The van der Waals surface area contributed by atoms with Crippen LogP contribution in [0.1, 0.15) is 50.7 Å². The maximum Gasteiger partial charge on any atom is 0.410 e. The topological polar surface area (TPSA) is 59.1 Å². The minimum Gasteiger partial charge on any atom is -0.445 e. The number of allylic oxidation sites excluding steroid dienone is 2. The second-order valence-corrected chi connectivity index (χ2v) is 9.29. The van der Waals surface area contributed by atoms with Gasteiger partial charge in [0.05, 0.1) is 0 Å². The van der Waals surface area contributed by atoms with Gasteiger partial charge in [-0.3, -0.25) is 0 Å². The summed E-state index contributed by atoms with van der Waals surface area (Å²) in [6.45, 7) is 13.2. The Labute approximate surface area is 228 Å². The number of nitrogens with zero attached hydrogens (tertiary/aromatic N) is 2. The molecular weight excluding hydrogens is 476 g/mol. The third-order valence-corrected chi connectivity index (χ3v) is 6.28. The smallest absolute Gasteiger partial charge is 0.410 e. The zero-order valence-corrected chi connectivity index (χ0v) is 22.8. The maximum absolute atomic E-state index is 12.1. The molecule has 0 fully saturated rings. The van der Waals surface area contributed by atoms with Crippen molar-refractivity contribution in [2.24, 2.45) is 0 Å². The average molecular weight is 519 g/mol. The summed E-state index contributed by atoms with van der Waals surface area (Å²) in [4.78, 5) is 27.6. The molecule has 6 heteroatoms. The Balaban J connectivity index is 0.000000268. The summed E-state index contributed by atoms with van der Waals surface area (Å²) >= 11 is 0. The summed E-state index contributed by atoms with van der Waals surface area (Å²) in [7, 11) is 0. The third kappa shape index (κ3) is 11.1. The fourth-order valence-electron chi connectivity index (χ4n) is 3.93. The molecule has 0 N–H and O–H groups in total. The van der Waals surface area contributed by atoms with Gasteiger partial charge in [0.2, 0.25) is 0 Å². The van der Waals surface area contributed by atoms with Gasteiger partial charge in [0.25, 0.3) is 0 Å². The molecule has 204 valence electrons. The molecule has 3 rings (SSSR count). The molecule has 1 aliphatic rings. The van der Waals surface area contributed by atoms with E-state index in [1.165, 1.54) is 0 Å². The van der Waals surface area contributed by atoms with E-state index < -0.39 is 0 Å². The summed E-state index contributed by atoms with van der Waals surface area (Å²) in [5.74, 6) is 0. The second kappa shape index (κ2) is 17.6. The zero-order valence-electron chi connectivity index (χ0n) is 22.8. The molecule has 0 unspecified atom stereocenters. The van der Waals surface area contributed by atoms with Crippen LogP contribution in [0, 0.1) is 0 Å². The van der Waals surface area contributed by atoms with Crippen LogP contribution in [0.3, 0.4) is 0 Å². The highest BCUT2D eigenvalue weighted by molar-refractivity contribution is 5.68. The lowest BCUT2D eigenvalue weighted by Crippen LogP contribution is -2.39. The molecule has 0 radical (unpaired) electrons. The molecule has 38 heavy (non-hydrogen) atoms. The normalized spacial score (nSPS) is 15.2. The molecule has 0 saturated carbocycles. The Morgan fingerprint density at radius 1 is 0.974 bits per heavy atom. The largest absolute Gasteiger partial charge is 0.445 e. The highest BCUT2D eigenvalue weighted by Crippen LogP contribution is 2.14. The lowest BCUT2D eigenvalue weighted by Gasteiger charge is -2.27. The predicted molar refractivity (Wildman–Crippen MR) is 154 cm³/mol. The van der Waals surface area contributed by atoms with Gasteiger partial charge in [-0.2, -0.15) is 0 Å². The Morgan fingerprint density at radius 3 is 2.16 bits per heavy atom. The molecule has 2 amide bonds. The molecule has 0 aromatic heterocycles.